The molecule has 0 saturated heterocycles. The van der Waals surface area contributed by atoms with E-state index in [9.17, 15) is 4.79 Å². The largest absolute Gasteiger partial charge is 0.500 e. The Morgan fingerprint density at radius 3 is 2.32 bits per heavy atom. The van der Waals surface area contributed by atoms with Gasteiger partial charge in [0.2, 0.25) is 0 Å². The maximum atomic E-state index is 11.9. The molecule has 0 aliphatic carbocycles. The van der Waals surface area contributed by atoms with Crippen LogP contribution in [0.15, 0.2) is 33.5 Å². The predicted molar refractivity (Wildman–Crippen MR) is 111 cm³/mol. The smallest absolute Gasteiger partial charge is 0.497 e. The second-order valence-corrected chi connectivity index (χ2v) is 8.95. The van der Waals surface area contributed by atoms with Crippen LogP contribution in [-0.2, 0) is 19.8 Å². The van der Waals surface area contributed by atoms with Gasteiger partial charge in [-0.1, -0.05) is 0 Å². The maximum Gasteiger partial charge on any atom is 0.500 e. The van der Waals surface area contributed by atoms with Crippen LogP contribution in [0.2, 0.25) is 6.04 Å². The Labute approximate surface area is 167 Å². The first kappa shape index (κ1) is 22.6. The molecule has 2 rings (SSSR count). The second kappa shape index (κ2) is 11.3. The minimum absolute atomic E-state index is 0.368. The predicted octanol–water partition coefficient (Wildman–Crippen LogP) is 3.33. The third-order valence-corrected chi connectivity index (χ3v) is 7.43. The highest BCUT2D eigenvalue weighted by molar-refractivity contribution is 6.60. The summed E-state index contributed by atoms with van der Waals surface area (Å²) in [6, 6.07) is 7.78. The lowest BCUT2D eigenvalue weighted by atomic mass is 10.1. The molecule has 0 fully saturated rings. The molecule has 0 saturated carbocycles. The second-order valence-electron chi connectivity index (χ2n) is 6.22. The molecular formula is C20H31NO6Si. The molecule has 0 atom stereocenters. The number of hydrogen-bond acceptors (Lipinski definition) is 7. The number of ether oxygens (including phenoxy) is 1. The Kier molecular flexibility index (Phi) is 9.13. The van der Waals surface area contributed by atoms with Crippen molar-refractivity contribution >= 4 is 19.8 Å². The number of benzene rings is 1. The quantitative estimate of drug-likeness (QED) is 0.309. The topological polar surface area (TPSA) is 79.2 Å². The van der Waals surface area contributed by atoms with Crippen LogP contribution in [0.1, 0.15) is 32.8 Å². The molecule has 0 amide bonds. The molecule has 0 spiro atoms. The zero-order valence-electron chi connectivity index (χ0n) is 17.2. The molecule has 0 aliphatic rings. The van der Waals surface area contributed by atoms with E-state index in [1.807, 2.05) is 32.9 Å². The fourth-order valence-corrected chi connectivity index (χ4v) is 5.75. The fourth-order valence-electron chi connectivity index (χ4n) is 3.14. The molecule has 0 bridgehead atoms. The molecule has 2 aromatic rings. The summed E-state index contributed by atoms with van der Waals surface area (Å²) in [5, 5.41) is 4.29. The summed E-state index contributed by atoms with van der Waals surface area (Å²) < 4.78 is 28.1. The first-order valence-electron chi connectivity index (χ1n) is 9.80. The van der Waals surface area contributed by atoms with Gasteiger partial charge in [0, 0.05) is 49.9 Å². The Morgan fingerprint density at radius 1 is 1.04 bits per heavy atom. The average Bonchev–Trinajstić information content (AvgIpc) is 2.67. The highest BCUT2D eigenvalue weighted by Crippen LogP contribution is 2.22. The first-order valence-corrected chi connectivity index (χ1v) is 11.7. The van der Waals surface area contributed by atoms with E-state index in [4.69, 9.17) is 22.4 Å². The molecule has 156 valence electrons. The van der Waals surface area contributed by atoms with Crippen LogP contribution in [0.25, 0.3) is 11.0 Å². The first-order chi connectivity index (χ1) is 13.6. The molecule has 7 nitrogen and oxygen atoms in total. The summed E-state index contributed by atoms with van der Waals surface area (Å²) in [6.07, 6.45) is 0.861. The van der Waals surface area contributed by atoms with Gasteiger partial charge in [-0.15, -0.1) is 0 Å². The zero-order valence-corrected chi connectivity index (χ0v) is 18.2. The molecule has 1 N–H and O–H groups in total. The van der Waals surface area contributed by atoms with Crippen LogP contribution in [0, 0.1) is 0 Å². The molecule has 0 unspecified atom stereocenters. The van der Waals surface area contributed by atoms with E-state index < -0.39 is 8.80 Å². The minimum atomic E-state index is -2.61. The molecule has 1 aromatic heterocycles. The van der Waals surface area contributed by atoms with E-state index in [1.165, 1.54) is 6.07 Å². The Balaban J connectivity index is 1.96. The Bertz CT molecular complexity index is 777. The SMILES string of the molecule is CCO[Si](CCCNCc1cc(=O)oc2cc(OC)ccc12)(OCC)OCC. The maximum absolute atomic E-state index is 11.9. The molecular weight excluding hydrogens is 378 g/mol. The van der Waals surface area contributed by atoms with Gasteiger partial charge >= 0.3 is 14.4 Å². The normalized spacial score (nSPS) is 11.9. The van der Waals surface area contributed by atoms with Crippen LogP contribution in [0.3, 0.4) is 0 Å². The molecule has 0 radical (unpaired) electrons. The van der Waals surface area contributed by atoms with Gasteiger partial charge in [-0.05, 0) is 51.4 Å². The summed E-state index contributed by atoms with van der Waals surface area (Å²) in [5.41, 5.74) is 1.06. The van der Waals surface area contributed by atoms with Crippen molar-refractivity contribution in [1.29, 1.82) is 0 Å². The average molecular weight is 410 g/mol. The molecule has 1 aromatic carbocycles. The highest BCUT2D eigenvalue weighted by Gasteiger charge is 2.39. The van der Waals surface area contributed by atoms with E-state index in [2.05, 4.69) is 5.32 Å². The van der Waals surface area contributed by atoms with Crippen LogP contribution < -0.4 is 15.7 Å². The Hall–Kier alpha value is -1.71. The van der Waals surface area contributed by atoms with Gasteiger partial charge < -0.3 is 27.7 Å². The van der Waals surface area contributed by atoms with Gasteiger partial charge in [0.1, 0.15) is 11.3 Å². The van der Waals surface area contributed by atoms with Crippen molar-refractivity contribution in [1.82, 2.24) is 5.32 Å². The summed E-state index contributed by atoms with van der Waals surface area (Å²) >= 11 is 0. The van der Waals surface area contributed by atoms with Crippen molar-refractivity contribution in [3.8, 4) is 5.75 Å². The summed E-state index contributed by atoms with van der Waals surface area (Å²) in [7, 11) is -1.02. The molecule has 1 heterocycles. The van der Waals surface area contributed by atoms with Gasteiger partial charge in [-0.2, -0.15) is 0 Å². The third kappa shape index (κ3) is 6.15. The van der Waals surface area contributed by atoms with E-state index in [1.54, 1.807) is 13.2 Å². The number of rotatable bonds is 13. The van der Waals surface area contributed by atoms with E-state index in [0.29, 0.717) is 37.7 Å². The standard InChI is InChI=1S/C20H31NO6Si/c1-5-24-28(25-6-2,26-7-3)12-8-11-21-15-16-13-20(22)27-19-14-17(23-4)9-10-18(16)19/h9-10,13-14,21H,5-8,11-12,15H2,1-4H3. The summed E-state index contributed by atoms with van der Waals surface area (Å²) in [4.78, 5) is 11.9. The monoisotopic (exact) mass is 409 g/mol. The van der Waals surface area contributed by atoms with Crippen LogP contribution in [0.4, 0.5) is 0 Å². The number of methoxy groups -OCH3 is 1. The fraction of sp³-hybridized carbons (Fsp3) is 0.550. The van der Waals surface area contributed by atoms with Gasteiger partial charge in [0.15, 0.2) is 0 Å². The Morgan fingerprint density at radius 2 is 1.71 bits per heavy atom. The van der Waals surface area contributed by atoms with Crippen molar-refractivity contribution in [3.05, 3.63) is 40.2 Å². The van der Waals surface area contributed by atoms with Gasteiger partial charge in [-0.3, -0.25) is 0 Å². The highest BCUT2D eigenvalue weighted by atomic mass is 28.4. The van der Waals surface area contributed by atoms with Crippen LogP contribution in [-0.4, -0.2) is 42.3 Å². The lowest BCUT2D eigenvalue weighted by Crippen LogP contribution is -2.46. The third-order valence-electron chi connectivity index (χ3n) is 4.28. The van der Waals surface area contributed by atoms with Gasteiger partial charge in [-0.25, -0.2) is 4.79 Å². The van der Waals surface area contributed by atoms with Crippen LogP contribution >= 0.6 is 0 Å². The van der Waals surface area contributed by atoms with Crippen molar-refractivity contribution in [2.24, 2.45) is 0 Å². The van der Waals surface area contributed by atoms with Crippen molar-refractivity contribution in [2.45, 2.75) is 39.8 Å². The van der Waals surface area contributed by atoms with E-state index >= 15 is 0 Å². The van der Waals surface area contributed by atoms with Gasteiger partial charge in [0.05, 0.1) is 7.11 Å². The lowest BCUT2D eigenvalue weighted by Gasteiger charge is -2.28. The van der Waals surface area contributed by atoms with Crippen molar-refractivity contribution in [2.75, 3.05) is 33.5 Å². The van der Waals surface area contributed by atoms with Crippen molar-refractivity contribution < 1.29 is 22.4 Å². The number of fused-ring (bicyclic) bond motifs is 1. The number of hydrogen-bond donors (Lipinski definition) is 1. The lowest BCUT2D eigenvalue weighted by molar-refractivity contribution is 0.0708. The van der Waals surface area contributed by atoms with E-state index in [0.717, 1.165) is 30.0 Å². The summed E-state index contributed by atoms with van der Waals surface area (Å²) in [5.74, 6) is 0.657. The number of nitrogens with one attached hydrogen (secondary N) is 1. The van der Waals surface area contributed by atoms with Crippen molar-refractivity contribution in [3.63, 3.8) is 0 Å². The van der Waals surface area contributed by atoms with Crippen LogP contribution in [0.5, 0.6) is 5.75 Å². The molecule has 0 aliphatic heterocycles. The van der Waals surface area contributed by atoms with Gasteiger partial charge in [0.25, 0.3) is 0 Å². The molecule has 8 heteroatoms. The zero-order chi connectivity index (χ0) is 20.4. The minimum Gasteiger partial charge on any atom is -0.497 e. The molecule has 28 heavy (non-hydrogen) atoms. The van der Waals surface area contributed by atoms with E-state index in [-0.39, 0.29) is 5.63 Å². The summed E-state index contributed by atoms with van der Waals surface area (Å²) in [6.45, 7) is 8.94.